The molecule has 0 radical (unpaired) electrons. The minimum absolute atomic E-state index is 0.280. The topological polar surface area (TPSA) is 38.1 Å². The van der Waals surface area contributed by atoms with Crippen molar-refractivity contribution in [3.05, 3.63) is 54.2 Å². The second-order valence-electron chi connectivity index (χ2n) is 3.95. The summed E-state index contributed by atoms with van der Waals surface area (Å²) < 4.78 is 5.07. The van der Waals surface area contributed by atoms with Crippen molar-refractivity contribution in [2.24, 2.45) is 0 Å². The molecule has 3 heteroatoms. The molecule has 3 nitrogen and oxygen atoms in total. The summed E-state index contributed by atoms with van der Waals surface area (Å²) in [5, 5.41) is 3.51. The SMILES string of the molecule is CC(NC(C)c1ccoc1)c1ccncc1. The van der Waals surface area contributed by atoms with Gasteiger partial charge in [0.1, 0.15) is 0 Å². The second kappa shape index (κ2) is 4.94. The number of aromatic nitrogens is 1. The largest absolute Gasteiger partial charge is 0.472 e. The molecule has 0 spiro atoms. The molecule has 2 atom stereocenters. The lowest BCUT2D eigenvalue weighted by Gasteiger charge is -2.19. The van der Waals surface area contributed by atoms with E-state index in [2.05, 4.69) is 24.1 Å². The summed E-state index contributed by atoms with van der Waals surface area (Å²) in [4.78, 5) is 4.01. The van der Waals surface area contributed by atoms with E-state index in [0.717, 1.165) is 0 Å². The molecule has 0 aliphatic heterocycles. The number of pyridine rings is 1. The quantitative estimate of drug-likeness (QED) is 0.853. The summed E-state index contributed by atoms with van der Waals surface area (Å²) in [6, 6.07) is 6.62. The van der Waals surface area contributed by atoms with Crippen LogP contribution in [0, 0.1) is 0 Å². The molecule has 0 saturated carbocycles. The summed E-state index contributed by atoms with van der Waals surface area (Å²) >= 11 is 0. The first kappa shape index (κ1) is 10.9. The van der Waals surface area contributed by atoms with Gasteiger partial charge >= 0.3 is 0 Å². The lowest BCUT2D eigenvalue weighted by molar-refractivity contribution is 0.486. The van der Waals surface area contributed by atoms with Gasteiger partial charge < -0.3 is 9.73 Å². The summed E-state index contributed by atoms with van der Waals surface area (Å²) in [5.41, 5.74) is 2.41. The van der Waals surface area contributed by atoms with E-state index in [1.54, 1.807) is 12.5 Å². The zero-order valence-corrected chi connectivity index (χ0v) is 9.55. The van der Waals surface area contributed by atoms with E-state index >= 15 is 0 Å². The van der Waals surface area contributed by atoms with Gasteiger partial charge in [0, 0.05) is 30.0 Å². The van der Waals surface area contributed by atoms with Gasteiger partial charge in [-0.25, -0.2) is 0 Å². The molecule has 0 saturated heterocycles. The highest BCUT2D eigenvalue weighted by molar-refractivity contribution is 5.16. The number of furan rings is 1. The molecule has 1 N–H and O–H groups in total. The Balaban J connectivity index is 2.00. The van der Waals surface area contributed by atoms with E-state index in [1.807, 2.05) is 30.6 Å². The minimum Gasteiger partial charge on any atom is -0.472 e. The predicted molar refractivity (Wildman–Crippen MR) is 62.9 cm³/mol. The van der Waals surface area contributed by atoms with Crippen molar-refractivity contribution in [2.45, 2.75) is 25.9 Å². The fourth-order valence-electron chi connectivity index (χ4n) is 1.74. The molecule has 0 bridgehead atoms. The lowest BCUT2D eigenvalue weighted by Crippen LogP contribution is -2.22. The van der Waals surface area contributed by atoms with Crippen LogP contribution in [0.25, 0.3) is 0 Å². The van der Waals surface area contributed by atoms with E-state index in [4.69, 9.17) is 4.42 Å². The summed E-state index contributed by atoms with van der Waals surface area (Å²) in [6.07, 6.45) is 7.10. The molecule has 0 aliphatic rings. The molecule has 16 heavy (non-hydrogen) atoms. The Hall–Kier alpha value is -1.61. The summed E-state index contributed by atoms with van der Waals surface area (Å²) in [7, 11) is 0. The number of nitrogens with zero attached hydrogens (tertiary/aromatic N) is 1. The Morgan fingerprint density at radius 3 is 2.38 bits per heavy atom. The summed E-state index contributed by atoms with van der Waals surface area (Å²) in [6.45, 7) is 4.27. The maximum absolute atomic E-state index is 5.07. The highest BCUT2D eigenvalue weighted by Gasteiger charge is 2.11. The Kier molecular flexibility index (Phi) is 3.37. The molecule has 0 amide bonds. The average Bonchev–Trinajstić information content (AvgIpc) is 2.83. The molecule has 2 aromatic rings. The Bertz CT molecular complexity index is 411. The van der Waals surface area contributed by atoms with Gasteiger partial charge in [0.05, 0.1) is 12.5 Å². The first-order valence-corrected chi connectivity index (χ1v) is 5.45. The molecule has 2 rings (SSSR count). The van der Waals surface area contributed by atoms with Crippen molar-refractivity contribution in [1.82, 2.24) is 10.3 Å². The molecule has 2 heterocycles. The van der Waals surface area contributed by atoms with Crippen LogP contribution in [0.15, 0.2) is 47.5 Å². The third-order valence-electron chi connectivity index (χ3n) is 2.75. The zero-order chi connectivity index (χ0) is 11.4. The van der Waals surface area contributed by atoms with Crippen molar-refractivity contribution in [3.8, 4) is 0 Å². The highest BCUT2D eigenvalue weighted by atomic mass is 16.3. The molecule has 0 aromatic carbocycles. The fraction of sp³-hybridized carbons (Fsp3) is 0.308. The van der Waals surface area contributed by atoms with Crippen LogP contribution in [-0.2, 0) is 0 Å². The van der Waals surface area contributed by atoms with E-state index < -0.39 is 0 Å². The van der Waals surface area contributed by atoms with Crippen LogP contribution in [0.3, 0.4) is 0 Å². The van der Waals surface area contributed by atoms with Gasteiger partial charge in [-0.15, -0.1) is 0 Å². The van der Waals surface area contributed by atoms with Gasteiger partial charge in [0.15, 0.2) is 0 Å². The van der Waals surface area contributed by atoms with E-state index in [-0.39, 0.29) is 6.04 Å². The molecule has 84 valence electrons. The van der Waals surface area contributed by atoms with Crippen LogP contribution in [0.5, 0.6) is 0 Å². The third kappa shape index (κ3) is 2.49. The van der Waals surface area contributed by atoms with Gasteiger partial charge in [-0.05, 0) is 37.6 Å². The molecular formula is C13H16N2O. The lowest BCUT2D eigenvalue weighted by atomic mass is 10.1. The van der Waals surface area contributed by atoms with Crippen LogP contribution < -0.4 is 5.32 Å². The molecule has 2 unspecified atom stereocenters. The number of nitrogens with one attached hydrogen (secondary N) is 1. The van der Waals surface area contributed by atoms with Gasteiger partial charge in [-0.3, -0.25) is 4.98 Å². The third-order valence-corrected chi connectivity index (χ3v) is 2.75. The van der Waals surface area contributed by atoms with Crippen molar-refractivity contribution < 1.29 is 4.42 Å². The van der Waals surface area contributed by atoms with Crippen molar-refractivity contribution in [1.29, 1.82) is 0 Å². The first-order chi connectivity index (χ1) is 7.77. The maximum atomic E-state index is 5.07. The normalized spacial score (nSPS) is 14.6. The maximum Gasteiger partial charge on any atom is 0.0950 e. The predicted octanol–water partition coefficient (Wildman–Crippen LogP) is 3.09. The first-order valence-electron chi connectivity index (χ1n) is 5.45. The second-order valence-corrected chi connectivity index (χ2v) is 3.95. The van der Waals surface area contributed by atoms with Gasteiger partial charge in [0.25, 0.3) is 0 Å². The standard InChI is InChI=1S/C13H16N2O/c1-10(12-3-6-14-7-4-12)15-11(2)13-5-8-16-9-13/h3-11,15H,1-2H3. The number of hydrogen-bond acceptors (Lipinski definition) is 3. The smallest absolute Gasteiger partial charge is 0.0950 e. The Morgan fingerprint density at radius 1 is 1.06 bits per heavy atom. The molecule has 2 aromatic heterocycles. The Morgan fingerprint density at radius 2 is 1.75 bits per heavy atom. The fourth-order valence-corrected chi connectivity index (χ4v) is 1.74. The Labute approximate surface area is 95.5 Å². The van der Waals surface area contributed by atoms with Crippen LogP contribution in [0.2, 0.25) is 0 Å². The van der Waals surface area contributed by atoms with Gasteiger partial charge in [-0.1, -0.05) is 0 Å². The van der Waals surface area contributed by atoms with E-state index in [0.29, 0.717) is 6.04 Å². The van der Waals surface area contributed by atoms with Crippen molar-refractivity contribution >= 4 is 0 Å². The average molecular weight is 216 g/mol. The van der Waals surface area contributed by atoms with Crippen LogP contribution in [0.1, 0.15) is 37.1 Å². The number of rotatable bonds is 4. The van der Waals surface area contributed by atoms with E-state index in [1.165, 1.54) is 11.1 Å². The number of hydrogen-bond donors (Lipinski definition) is 1. The van der Waals surface area contributed by atoms with Crippen molar-refractivity contribution in [3.63, 3.8) is 0 Å². The summed E-state index contributed by atoms with van der Waals surface area (Å²) in [5.74, 6) is 0. The molecule has 0 aliphatic carbocycles. The van der Waals surface area contributed by atoms with Crippen LogP contribution in [-0.4, -0.2) is 4.98 Å². The highest BCUT2D eigenvalue weighted by Crippen LogP contribution is 2.18. The zero-order valence-electron chi connectivity index (χ0n) is 9.55. The minimum atomic E-state index is 0.280. The van der Waals surface area contributed by atoms with Crippen LogP contribution >= 0.6 is 0 Å². The van der Waals surface area contributed by atoms with E-state index in [9.17, 15) is 0 Å². The van der Waals surface area contributed by atoms with Crippen molar-refractivity contribution in [2.75, 3.05) is 0 Å². The van der Waals surface area contributed by atoms with Crippen LogP contribution in [0.4, 0.5) is 0 Å². The molecule has 0 fully saturated rings. The monoisotopic (exact) mass is 216 g/mol. The molecular weight excluding hydrogens is 200 g/mol. The van der Waals surface area contributed by atoms with Gasteiger partial charge in [-0.2, -0.15) is 0 Å². The van der Waals surface area contributed by atoms with Gasteiger partial charge in [0.2, 0.25) is 0 Å².